The van der Waals surface area contributed by atoms with E-state index in [2.05, 4.69) is 15.3 Å². The zero-order valence-corrected chi connectivity index (χ0v) is 17.3. The summed E-state index contributed by atoms with van der Waals surface area (Å²) in [5.74, 6) is 2.51. The molecule has 0 bridgehead atoms. The molecular weight excluding hydrogens is 402 g/mol. The van der Waals surface area contributed by atoms with Crippen LogP contribution in [0.1, 0.15) is 5.56 Å². The van der Waals surface area contributed by atoms with Gasteiger partial charge in [0.05, 0.1) is 19.7 Å². The van der Waals surface area contributed by atoms with Crippen LogP contribution in [0.5, 0.6) is 17.2 Å². The van der Waals surface area contributed by atoms with Gasteiger partial charge >= 0.3 is 0 Å². The number of nitrogens with zero attached hydrogens (tertiary/aromatic N) is 2. The predicted octanol–water partition coefficient (Wildman–Crippen LogP) is 5.62. The number of anilines is 2. The molecule has 6 nitrogen and oxygen atoms in total. The molecule has 3 aromatic carbocycles. The number of ether oxygens (including phenoxy) is 3. The lowest BCUT2D eigenvalue weighted by Crippen LogP contribution is -1.99. The Labute approximate surface area is 179 Å². The molecule has 0 unspecified atom stereocenters. The molecule has 0 aliphatic rings. The Morgan fingerprint density at radius 1 is 0.867 bits per heavy atom. The molecule has 0 saturated carbocycles. The molecule has 30 heavy (non-hydrogen) atoms. The van der Waals surface area contributed by atoms with Gasteiger partial charge in [-0.2, -0.15) is 4.98 Å². The lowest BCUT2D eigenvalue weighted by Gasteiger charge is -2.13. The lowest BCUT2D eigenvalue weighted by atomic mass is 10.2. The summed E-state index contributed by atoms with van der Waals surface area (Å²) in [6.45, 7) is 0.515. The number of methoxy groups -OCH3 is 2. The molecular formula is C23H20ClN3O3. The Hall–Kier alpha value is -3.51. The van der Waals surface area contributed by atoms with Gasteiger partial charge in [-0.05, 0) is 47.5 Å². The maximum absolute atomic E-state index is 6.13. The van der Waals surface area contributed by atoms with Crippen molar-refractivity contribution in [3.05, 3.63) is 77.6 Å². The van der Waals surface area contributed by atoms with E-state index in [4.69, 9.17) is 25.8 Å². The molecule has 0 saturated heterocycles. The van der Waals surface area contributed by atoms with Crippen molar-refractivity contribution in [2.45, 2.75) is 6.61 Å². The van der Waals surface area contributed by atoms with E-state index >= 15 is 0 Å². The van der Waals surface area contributed by atoms with Gasteiger partial charge in [-0.1, -0.05) is 30.3 Å². The number of halogens is 1. The van der Waals surface area contributed by atoms with Crippen LogP contribution >= 0.6 is 11.6 Å². The summed E-state index contributed by atoms with van der Waals surface area (Å²) in [6, 6.07) is 21.3. The van der Waals surface area contributed by atoms with Gasteiger partial charge in [-0.25, -0.2) is 4.98 Å². The van der Waals surface area contributed by atoms with Crippen molar-refractivity contribution in [1.29, 1.82) is 0 Å². The Morgan fingerprint density at radius 2 is 1.57 bits per heavy atom. The summed E-state index contributed by atoms with van der Waals surface area (Å²) in [5.41, 5.74) is 2.61. The second-order valence-corrected chi connectivity index (χ2v) is 6.83. The Bertz CT molecular complexity index is 1150. The number of benzene rings is 3. The van der Waals surface area contributed by atoms with Crippen LogP contribution < -0.4 is 19.5 Å². The highest BCUT2D eigenvalue weighted by Gasteiger charge is 2.13. The normalized spacial score (nSPS) is 10.6. The molecule has 0 radical (unpaired) electrons. The van der Waals surface area contributed by atoms with Crippen LogP contribution in [0.15, 0.2) is 66.7 Å². The summed E-state index contributed by atoms with van der Waals surface area (Å²) in [4.78, 5) is 8.63. The third-order valence-electron chi connectivity index (χ3n) is 4.54. The van der Waals surface area contributed by atoms with E-state index in [-0.39, 0.29) is 5.28 Å². The van der Waals surface area contributed by atoms with E-state index in [9.17, 15) is 0 Å². The molecule has 0 atom stereocenters. The summed E-state index contributed by atoms with van der Waals surface area (Å²) in [7, 11) is 3.16. The minimum atomic E-state index is 0.139. The van der Waals surface area contributed by atoms with Gasteiger partial charge < -0.3 is 19.5 Å². The first kappa shape index (κ1) is 19.8. The van der Waals surface area contributed by atoms with Crippen molar-refractivity contribution in [2.24, 2.45) is 0 Å². The number of nitrogens with one attached hydrogen (secondary N) is 1. The van der Waals surface area contributed by atoms with Crippen molar-refractivity contribution in [2.75, 3.05) is 19.5 Å². The minimum Gasteiger partial charge on any atom is -0.493 e. The first-order chi connectivity index (χ1) is 14.7. The Balaban J connectivity index is 1.56. The monoisotopic (exact) mass is 421 g/mol. The maximum atomic E-state index is 6.13. The number of aromatic nitrogens is 2. The van der Waals surface area contributed by atoms with Crippen LogP contribution in [-0.2, 0) is 6.61 Å². The number of hydrogen-bond acceptors (Lipinski definition) is 6. The fraction of sp³-hybridized carbons (Fsp3) is 0.130. The summed E-state index contributed by atoms with van der Waals surface area (Å²) < 4.78 is 16.6. The summed E-state index contributed by atoms with van der Waals surface area (Å²) >= 11 is 6.13. The SMILES string of the molecule is COc1cc2nc(Cl)nc(Nc3ccc(OCc4ccccc4)cc3)c2cc1OC. The number of hydrogen-bond donors (Lipinski definition) is 1. The molecule has 0 spiro atoms. The van der Waals surface area contributed by atoms with Gasteiger partial charge in [0.1, 0.15) is 18.2 Å². The van der Waals surface area contributed by atoms with Gasteiger partial charge in [-0.15, -0.1) is 0 Å². The van der Waals surface area contributed by atoms with Gasteiger partial charge in [0.25, 0.3) is 0 Å². The van der Waals surface area contributed by atoms with Gasteiger partial charge in [0.15, 0.2) is 11.5 Å². The molecule has 1 heterocycles. The summed E-state index contributed by atoms with van der Waals surface area (Å²) in [6.07, 6.45) is 0. The van der Waals surface area contributed by atoms with E-state index in [1.54, 1.807) is 20.3 Å². The molecule has 7 heteroatoms. The molecule has 4 rings (SSSR count). The third-order valence-corrected chi connectivity index (χ3v) is 4.71. The van der Waals surface area contributed by atoms with Crippen LogP contribution in [0, 0.1) is 0 Å². The van der Waals surface area contributed by atoms with E-state index < -0.39 is 0 Å². The first-order valence-corrected chi connectivity index (χ1v) is 9.67. The highest BCUT2D eigenvalue weighted by Crippen LogP contribution is 2.35. The Morgan fingerprint density at radius 3 is 2.27 bits per heavy atom. The van der Waals surface area contributed by atoms with E-state index in [1.165, 1.54) is 0 Å². The molecule has 0 aliphatic heterocycles. The maximum Gasteiger partial charge on any atom is 0.224 e. The van der Waals surface area contributed by atoms with Crippen molar-refractivity contribution in [1.82, 2.24) is 9.97 Å². The van der Waals surface area contributed by atoms with Gasteiger partial charge in [-0.3, -0.25) is 0 Å². The molecule has 1 N–H and O–H groups in total. The molecule has 152 valence electrons. The zero-order chi connectivity index (χ0) is 20.9. The van der Waals surface area contributed by atoms with Crippen LogP contribution in [0.25, 0.3) is 10.9 Å². The highest BCUT2D eigenvalue weighted by molar-refractivity contribution is 6.28. The van der Waals surface area contributed by atoms with Gasteiger partial charge in [0.2, 0.25) is 5.28 Å². The van der Waals surface area contributed by atoms with E-state index in [1.807, 2.05) is 60.7 Å². The average molecular weight is 422 g/mol. The molecule has 1 aromatic heterocycles. The molecule has 0 aliphatic carbocycles. The van der Waals surface area contributed by atoms with E-state index in [0.717, 1.165) is 22.4 Å². The predicted molar refractivity (Wildman–Crippen MR) is 118 cm³/mol. The van der Waals surface area contributed by atoms with Crippen molar-refractivity contribution >= 4 is 34.0 Å². The smallest absolute Gasteiger partial charge is 0.224 e. The van der Waals surface area contributed by atoms with Crippen LogP contribution in [0.4, 0.5) is 11.5 Å². The second-order valence-electron chi connectivity index (χ2n) is 6.49. The number of fused-ring (bicyclic) bond motifs is 1. The van der Waals surface area contributed by atoms with E-state index in [0.29, 0.717) is 29.4 Å². The second kappa shape index (κ2) is 8.88. The minimum absolute atomic E-state index is 0.139. The molecule has 0 fully saturated rings. The fourth-order valence-corrected chi connectivity index (χ4v) is 3.21. The van der Waals surface area contributed by atoms with Crippen molar-refractivity contribution in [3.63, 3.8) is 0 Å². The first-order valence-electron chi connectivity index (χ1n) is 9.29. The van der Waals surface area contributed by atoms with Crippen molar-refractivity contribution < 1.29 is 14.2 Å². The lowest BCUT2D eigenvalue weighted by molar-refractivity contribution is 0.306. The average Bonchev–Trinajstić information content (AvgIpc) is 2.78. The summed E-state index contributed by atoms with van der Waals surface area (Å²) in [5, 5.41) is 4.19. The molecule has 4 aromatic rings. The largest absolute Gasteiger partial charge is 0.493 e. The van der Waals surface area contributed by atoms with Crippen LogP contribution in [0.3, 0.4) is 0 Å². The zero-order valence-electron chi connectivity index (χ0n) is 16.6. The van der Waals surface area contributed by atoms with Crippen molar-refractivity contribution in [3.8, 4) is 17.2 Å². The van der Waals surface area contributed by atoms with Crippen LogP contribution in [0.2, 0.25) is 5.28 Å². The topological polar surface area (TPSA) is 65.5 Å². The Kier molecular flexibility index (Phi) is 5.86. The number of rotatable bonds is 7. The van der Waals surface area contributed by atoms with Gasteiger partial charge in [0, 0.05) is 17.1 Å². The van der Waals surface area contributed by atoms with Crippen LogP contribution in [-0.4, -0.2) is 24.2 Å². The standard InChI is InChI=1S/C23H20ClN3O3/c1-28-20-12-18-19(13-21(20)29-2)26-23(24)27-22(18)25-16-8-10-17(11-9-16)30-14-15-6-4-3-5-7-15/h3-13H,14H2,1-2H3,(H,25,26,27). The highest BCUT2D eigenvalue weighted by atomic mass is 35.5. The fourth-order valence-electron chi connectivity index (χ4n) is 3.03. The quantitative estimate of drug-likeness (QED) is 0.390. The molecule has 0 amide bonds. The third kappa shape index (κ3) is 4.39.